The fourth-order valence-electron chi connectivity index (χ4n) is 3.79. The monoisotopic (exact) mass is 703 g/mol. The molecule has 0 aliphatic rings. The van der Waals surface area contributed by atoms with Crippen LogP contribution in [0.2, 0.25) is 0 Å². The highest BCUT2D eigenvalue weighted by Gasteiger charge is 2.05. The Hall–Kier alpha value is -4.30. The highest BCUT2D eigenvalue weighted by atomic mass is 32.1. The minimum atomic E-state index is 0.866. The van der Waals surface area contributed by atoms with E-state index in [9.17, 15) is 0 Å². The first-order chi connectivity index (χ1) is 24.5. The number of benzene rings is 4. The molecule has 0 unspecified atom stereocenters. The Labute approximate surface area is 308 Å². The summed E-state index contributed by atoms with van der Waals surface area (Å²) in [5.41, 5.74) is 12.3. The van der Waals surface area contributed by atoms with Crippen LogP contribution in [0.25, 0.3) is 44.1 Å². The van der Waals surface area contributed by atoms with E-state index in [0.29, 0.717) is 0 Å². The second-order valence-electron chi connectivity index (χ2n) is 8.52. The molecule has 8 heteroatoms. The number of aromatic nitrogens is 6. The molecule has 0 N–H and O–H groups in total. The second kappa shape index (κ2) is 31.9. The third-order valence-corrected chi connectivity index (χ3v) is 6.41. The predicted molar refractivity (Wildman–Crippen MR) is 225 cm³/mol. The molecule has 0 aliphatic carbocycles. The Kier molecular flexibility index (Phi) is 32.0. The third-order valence-electron chi connectivity index (χ3n) is 5.88. The molecule has 0 radical (unpaired) electrons. The maximum absolute atomic E-state index is 4.63. The molecule has 0 bridgehead atoms. The van der Waals surface area contributed by atoms with Gasteiger partial charge in [0.1, 0.15) is 22.1 Å². The van der Waals surface area contributed by atoms with Crippen LogP contribution >= 0.6 is 11.7 Å². The first kappa shape index (κ1) is 50.1. The van der Waals surface area contributed by atoms with Gasteiger partial charge in [-0.3, -0.25) is 0 Å². The Morgan fingerprint density at radius 2 is 0.600 bits per heavy atom. The van der Waals surface area contributed by atoms with Crippen molar-refractivity contribution in [3.8, 4) is 0 Å². The molecule has 3 aromatic heterocycles. The molecule has 7 nitrogen and oxygen atoms in total. The van der Waals surface area contributed by atoms with E-state index < -0.39 is 0 Å². The van der Waals surface area contributed by atoms with Crippen LogP contribution in [-0.2, 0) is 0 Å². The average molecular weight is 703 g/mol. The minimum absolute atomic E-state index is 0.866. The summed E-state index contributed by atoms with van der Waals surface area (Å²) in [7, 11) is 0. The zero-order valence-electron chi connectivity index (χ0n) is 34.4. The molecule has 0 saturated heterocycles. The average Bonchev–Trinajstić information content (AvgIpc) is 3.93. The summed E-state index contributed by atoms with van der Waals surface area (Å²) in [6.07, 6.45) is 0. The normalized spacial score (nSPS) is 8.60. The Bertz CT molecular complexity index is 1560. The number of rotatable bonds is 0. The summed E-state index contributed by atoms with van der Waals surface area (Å²) < 4.78 is 13.0. The topological polar surface area (TPSA) is 90.5 Å². The van der Waals surface area contributed by atoms with Gasteiger partial charge in [0.25, 0.3) is 0 Å². The van der Waals surface area contributed by atoms with Crippen molar-refractivity contribution in [2.24, 2.45) is 0 Å². The van der Waals surface area contributed by atoms with Gasteiger partial charge in [0.05, 0.1) is 33.8 Å². The van der Waals surface area contributed by atoms with Gasteiger partial charge < -0.3 is 0 Å². The lowest BCUT2D eigenvalue weighted by Crippen LogP contribution is -1.85. The molecule has 0 fully saturated rings. The minimum Gasteiger partial charge on any atom is -0.245 e. The highest BCUT2D eigenvalue weighted by molar-refractivity contribution is 7.00. The van der Waals surface area contributed by atoms with E-state index in [4.69, 9.17) is 0 Å². The van der Waals surface area contributed by atoms with E-state index in [-0.39, 0.29) is 0 Å². The second-order valence-corrected chi connectivity index (χ2v) is 9.05. The van der Waals surface area contributed by atoms with Gasteiger partial charge in [0.15, 0.2) is 0 Å². The summed E-state index contributed by atoms with van der Waals surface area (Å²) in [6.45, 7) is 36.1. The molecule has 7 rings (SSSR count). The number of nitrogens with zero attached hydrogens (tertiary/aromatic N) is 6. The highest BCUT2D eigenvalue weighted by Crippen LogP contribution is 2.19. The first-order valence-electron chi connectivity index (χ1n) is 18.5. The first-order valence-corrected chi connectivity index (χ1v) is 19.2. The molecule has 0 spiro atoms. The van der Waals surface area contributed by atoms with Gasteiger partial charge in [0.2, 0.25) is 0 Å². The van der Waals surface area contributed by atoms with Crippen molar-refractivity contribution in [1.82, 2.24) is 29.0 Å². The van der Waals surface area contributed by atoms with Crippen LogP contribution in [0.4, 0.5) is 0 Å². The largest absolute Gasteiger partial charge is 0.245 e. The summed E-state index contributed by atoms with van der Waals surface area (Å²) in [6, 6.07) is 24.0. The summed E-state index contributed by atoms with van der Waals surface area (Å²) in [4.78, 5) is 9.03. The molecule has 276 valence electrons. The Morgan fingerprint density at radius 3 is 0.860 bits per heavy atom. The summed E-state index contributed by atoms with van der Waals surface area (Å²) >= 11 is 1.28. The van der Waals surface area contributed by atoms with Crippen LogP contribution in [0.3, 0.4) is 0 Å². The maximum Gasteiger partial charge on any atom is 0.138 e. The zero-order valence-corrected chi connectivity index (χ0v) is 35.2. The van der Waals surface area contributed by atoms with Crippen LogP contribution in [0.5, 0.6) is 0 Å². The van der Waals surface area contributed by atoms with Crippen molar-refractivity contribution in [3.63, 3.8) is 0 Å². The summed E-state index contributed by atoms with van der Waals surface area (Å²) in [5.74, 6) is 0. The quantitative estimate of drug-likeness (QED) is 0.145. The van der Waals surface area contributed by atoms with Gasteiger partial charge in [-0.15, -0.1) is 0 Å². The van der Waals surface area contributed by atoms with Gasteiger partial charge >= 0.3 is 0 Å². The lowest BCUT2D eigenvalue weighted by atomic mass is 10.1. The van der Waals surface area contributed by atoms with Crippen molar-refractivity contribution in [3.05, 3.63) is 95.1 Å². The number of fused-ring (bicyclic) bond motifs is 4. The van der Waals surface area contributed by atoms with Crippen molar-refractivity contribution in [1.29, 1.82) is 0 Å². The van der Waals surface area contributed by atoms with Crippen LogP contribution in [0.1, 0.15) is 119 Å². The fourth-order valence-corrected chi connectivity index (χ4v) is 4.46. The van der Waals surface area contributed by atoms with E-state index >= 15 is 0 Å². The molecule has 3 heterocycles. The smallest absolute Gasteiger partial charge is 0.138 e. The van der Waals surface area contributed by atoms with Gasteiger partial charge in [-0.05, 0) is 84.5 Å². The van der Waals surface area contributed by atoms with E-state index in [1.54, 1.807) is 0 Å². The number of para-hydroxylation sites is 4. The van der Waals surface area contributed by atoms with E-state index in [1.165, 1.54) is 22.9 Å². The van der Waals surface area contributed by atoms with Crippen molar-refractivity contribution >= 4 is 55.9 Å². The fraction of sp³-hybridized carbons (Fsp3) is 0.429. The third kappa shape index (κ3) is 15.5. The molecule has 0 saturated carbocycles. The molecule has 0 atom stereocenters. The Balaban J connectivity index is -0.000000567. The summed E-state index contributed by atoms with van der Waals surface area (Å²) in [5, 5.41) is 7.59. The molecule has 7 aromatic rings. The number of hydrogen-bond donors (Lipinski definition) is 0. The van der Waals surface area contributed by atoms with Gasteiger partial charge in [-0.2, -0.15) is 8.75 Å². The van der Waals surface area contributed by atoms with Crippen LogP contribution in [0.15, 0.2) is 77.4 Å². The molecule has 0 amide bonds. The Morgan fingerprint density at radius 1 is 0.360 bits per heavy atom. The molecular weight excluding hydrogens is 637 g/mol. The molecule has 4 aromatic carbocycles. The SMILES string of the molecule is CC.CC.CC.CC.CC.CC.CC.Cc1ccc(C)c2nonc12.Cc1ccc(C)c2nsnc12.c1ccc2nc3ccccc3nc2c1. The van der Waals surface area contributed by atoms with E-state index in [0.717, 1.165) is 55.3 Å². The van der Waals surface area contributed by atoms with Crippen molar-refractivity contribution in [2.45, 2.75) is 125 Å². The number of hydrogen-bond acceptors (Lipinski definition) is 8. The lowest BCUT2D eigenvalue weighted by Gasteiger charge is -1.98. The van der Waals surface area contributed by atoms with Crippen LogP contribution < -0.4 is 0 Å². The zero-order chi connectivity index (χ0) is 39.1. The molecule has 0 aliphatic heterocycles. The van der Waals surface area contributed by atoms with Gasteiger partial charge in [-0.1, -0.05) is 145 Å². The standard InChI is InChI=1S/C12H8N2.C8H8N2O.C8H8N2S.7C2H6/c1-2-6-10-9(5-1)13-11-7-3-4-8-12(11)14-10;2*1-5-3-4-6(2)8-7(5)9-11-10-8;7*1-2/h1-8H;2*3-4H,1-2H3;7*1-2H3. The van der Waals surface area contributed by atoms with Crippen LogP contribution in [0, 0.1) is 27.7 Å². The van der Waals surface area contributed by atoms with Crippen molar-refractivity contribution in [2.75, 3.05) is 0 Å². The predicted octanol–water partition coefficient (Wildman–Crippen LogP) is 14.1. The molecular formula is C42H66N6OS. The van der Waals surface area contributed by atoms with E-state index in [1.807, 2.05) is 171 Å². The molecule has 50 heavy (non-hydrogen) atoms. The van der Waals surface area contributed by atoms with Gasteiger partial charge in [0, 0.05) is 0 Å². The van der Waals surface area contributed by atoms with Gasteiger partial charge in [-0.25, -0.2) is 14.6 Å². The maximum atomic E-state index is 4.63. The van der Waals surface area contributed by atoms with Crippen molar-refractivity contribution < 1.29 is 4.63 Å². The number of aryl methyl sites for hydroxylation is 4. The van der Waals surface area contributed by atoms with Crippen LogP contribution in [-0.4, -0.2) is 29.0 Å². The van der Waals surface area contributed by atoms with E-state index in [2.05, 4.69) is 59.6 Å². The lowest BCUT2D eigenvalue weighted by molar-refractivity contribution is 0.315.